The van der Waals surface area contributed by atoms with E-state index in [4.69, 9.17) is 21.1 Å². The highest BCUT2D eigenvalue weighted by molar-refractivity contribution is 6.31. The molecule has 2 amide bonds. The largest absolute Gasteiger partial charge is 0.483 e. The standard InChI is InChI=1S/C28H35ClFN3O5/c1-19-16-32(17-20-5-8-22(30)9-6-20)13-14-33(19)26(35)18-37-25-10-7-21(29)15-23(25)24(34)11-12-31-27(36)38-28(2,3)4/h5-10,15,19H,11-14,16-18H2,1-4H3,(H,31,36). The number of hydrogen-bond acceptors (Lipinski definition) is 6. The van der Waals surface area contributed by atoms with Crippen molar-refractivity contribution in [3.8, 4) is 5.75 Å². The number of piperazine rings is 1. The molecule has 0 bridgehead atoms. The van der Waals surface area contributed by atoms with Gasteiger partial charge in [-0.05, 0) is 63.6 Å². The third-order valence-corrected chi connectivity index (χ3v) is 6.20. The SMILES string of the molecule is CC1CN(Cc2ccc(F)cc2)CCN1C(=O)COc1ccc(Cl)cc1C(=O)CCNC(=O)OC(C)(C)C. The normalized spacial score (nSPS) is 16.2. The summed E-state index contributed by atoms with van der Waals surface area (Å²) in [5.74, 6) is -0.471. The van der Waals surface area contributed by atoms with E-state index in [0.29, 0.717) is 31.2 Å². The second-order valence-electron chi connectivity index (χ2n) is 10.3. The summed E-state index contributed by atoms with van der Waals surface area (Å²) in [5.41, 5.74) is 0.623. The van der Waals surface area contributed by atoms with Crippen LogP contribution in [0.25, 0.3) is 0 Å². The quantitative estimate of drug-likeness (QED) is 0.458. The number of benzene rings is 2. The van der Waals surface area contributed by atoms with Gasteiger partial charge in [-0.25, -0.2) is 9.18 Å². The molecule has 1 heterocycles. The van der Waals surface area contributed by atoms with Crippen LogP contribution in [0.15, 0.2) is 42.5 Å². The number of carbonyl (C=O) groups excluding carboxylic acids is 3. The Kier molecular flexibility index (Phi) is 10.1. The van der Waals surface area contributed by atoms with E-state index in [2.05, 4.69) is 10.2 Å². The van der Waals surface area contributed by atoms with Gasteiger partial charge in [-0.3, -0.25) is 14.5 Å². The van der Waals surface area contributed by atoms with Gasteiger partial charge in [-0.15, -0.1) is 0 Å². The van der Waals surface area contributed by atoms with Gasteiger partial charge >= 0.3 is 6.09 Å². The van der Waals surface area contributed by atoms with Gasteiger partial charge in [0.1, 0.15) is 17.2 Å². The van der Waals surface area contributed by atoms with Crippen molar-refractivity contribution in [1.82, 2.24) is 15.1 Å². The molecule has 1 unspecified atom stereocenters. The summed E-state index contributed by atoms with van der Waals surface area (Å²) < 4.78 is 24.1. The van der Waals surface area contributed by atoms with Gasteiger partial charge in [0.15, 0.2) is 12.4 Å². The lowest BCUT2D eigenvalue weighted by molar-refractivity contribution is -0.138. The molecular weight excluding hydrogens is 513 g/mol. The van der Waals surface area contributed by atoms with Crippen LogP contribution < -0.4 is 10.1 Å². The molecular formula is C28H35ClFN3O5. The summed E-state index contributed by atoms with van der Waals surface area (Å²) in [6, 6.07) is 11.0. The number of nitrogens with zero attached hydrogens (tertiary/aromatic N) is 2. The molecule has 0 spiro atoms. The third-order valence-electron chi connectivity index (χ3n) is 5.96. The van der Waals surface area contributed by atoms with Crippen LogP contribution in [0, 0.1) is 5.82 Å². The first kappa shape index (κ1) is 29.4. The molecule has 1 fully saturated rings. The predicted octanol–water partition coefficient (Wildman–Crippen LogP) is 4.69. The Morgan fingerprint density at radius 3 is 2.47 bits per heavy atom. The molecule has 10 heteroatoms. The predicted molar refractivity (Wildman–Crippen MR) is 143 cm³/mol. The Labute approximate surface area is 228 Å². The van der Waals surface area contributed by atoms with Gasteiger partial charge in [0, 0.05) is 50.2 Å². The Morgan fingerprint density at radius 2 is 1.82 bits per heavy atom. The number of nitrogens with one attached hydrogen (secondary N) is 1. The zero-order chi connectivity index (χ0) is 27.9. The molecule has 206 valence electrons. The minimum atomic E-state index is -0.638. The van der Waals surface area contributed by atoms with Gasteiger partial charge < -0.3 is 19.7 Å². The smallest absolute Gasteiger partial charge is 0.407 e. The second-order valence-corrected chi connectivity index (χ2v) is 10.8. The first-order valence-corrected chi connectivity index (χ1v) is 13.0. The van der Waals surface area contributed by atoms with Crippen LogP contribution in [-0.4, -0.2) is 72.0 Å². The molecule has 0 aromatic heterocycles. The van der Waals surface area contributed by atoms with E-state index in [1.165, 1.54) is 18.2 Å². The maximum atomic E-state index is 13.2. The van der Waals surface area contributed by atoms with Gasteiger partial charge in [0.2, 0.25) is 0 Å². The summed E-state index contributed by atoms with van der Waals surface area (Å²) in [7, 11) is 0. The summed E-state index contributed by atoms with van der Waals surface area (Å²) in [4.78, 5) is 41.6. The summed E-state index contributed by atoms with van der Waals surface area (Å²) in [5, 5.41) is 2.92. The molecule has 0 radical (unpaired) electrons. The van der Waals surface area contributed by atoms with Crippen LogP contribution in [0.3, 0.4) is 0 Å². The molecule has 1 aliphatic heterocycles. The summed E-state index contributed by atoms with van der Waals surface area (Å²) >= 11 is 6.11. The number of amides is 2. The van der Waals surface area contributed by atoms with Crippen molar-refractivity contribution < 1.29 is 28.2 Å². The first-order valence-electron chi connectivity index (χ1n) is 12.6. The van der Waals surface area contributed by atoms with Crippen molar-refractivity contribution in [2.75, 3.05) is 32.8 Å². The molecule has 8 nitrogen and oxygen atoms in total. The molecule has 3 rings (SSSR count). The number of rotatable bonds is 9. The van der Waals surface area contributed by atoms with Crippen molar-refractivity contribution in [1.29, 1.82) is 0 Å². The van der Waals surface area contributed by atoms with Crippen LogP contribution in [0.2, 0.25) is 5.02 Å². The number of hydrogen-bond donors (Lipinski definition) is 1. The first-order chi connectivity index (χ1) is 17.9. The van der Waals surface area contributed by atoms with Gasteiger partial charge in [-0.2, -0.15) is 0 Å². The Hall–Kier alpha value is -3.17. The van der Waals surface area contributed by atoms with Crippen molar-refractivity contribution >= 4 is 29.4 Å². The molecule has 2 aromatic carbocycles. The monoisotopic (exact) mass is 547 g/mol. The topological polar surface area (TPSA) is 88.2 Å². The zero-order valence-electron chi connectivity index (χ0n) is 22.3. The van der Waals surface area contributed by atoms with Crippen molar-refractivity contribution in [3.63, 3.8) is 0 Å². The Morgan fingerprint density at radius 1 is 1.11 bits per heavy atom. The van der Waals surface area contributed by atoms with Gasteiger partial charge in [0.05, 0.1) is 5.56 Å². The number of halogens is 2. The molecule has 1 aliphatic rings. The second kappa shape index (κ2) is 13.1. The number of carbonyl (C=O) groups is 3. The van der Waals surface area contributed by atoms with Crippen LogP contribution in [0.1, 0.15) is 50.0 Å². The molecule has 1 atom stereocenters. The van der Waals surface area contributed by atoms with E-state index < -0.39 is 11.7 Å². The number of ketones is 1. The van der Waals surface area contributed by atoms with Crippen LogP contribution in [-0.2, 0) is 16.1 Å². The average molecular weight is 548 g/mol. The highest BCUT2D eigenvalue weighted by atomic mass is 35.5. The Balaban J connectivity index is 1.52. The third kappa shape index (κ3) is 8.99. The minimum Gasteiger partial charge on any atom is -0.483 e. The molecule has 0 aliphatic carbocycles. The van der Waals surface area contributed by atoms with E-state index >= 15 is 0 Å². The lowest BCUT2D eigenvalue weighted by Gasteiger charge is -2.39. The maximum Gasteiger partial charge on any atom is 0.407 e. The highest BCUT2D eigenvalue weighted by Crippen LogP contribution is 2.25. The van der Waals surface area contributed by atoms with E-state index in [-0.39, 0.29) is 54.4 Å². The number of alkyl carbamates (subject to hydrolysis) is 1. The zero-order valence-corrected chi connectivity index (χ0v) is 23.0. The molecule has 1 saturated heterocycles. The molecule has 1 N–H and O–H groups in total. The van der Waals surface area contributed by atoms with Crippen LogP contribution in [0.4, 0.5) is 9.18 Å². The maximum absolute atomic E-state index is 13.2. The molecule has 2 aromatic rings. The van der Waals surface area contributed by atoms with Crippen molar-refractivity contribution in [2.45, 2.75) is 52.3 Å². The Bertz CT molecular complexity index is 1140. The van der Waals surface area contributed by atoms with Gasteiger partial charge in [-0.1, -0.05) is 23.7 Å². The number of ether oxygens (including phenoxy) is 2. The fourth-order valence-corrected chi connectivity index (χ4v) is 4.36. The molecule has 0 saturated carbocycles. The van der Waals surface area contributed by atoms with E-state index in [9.17, 15) is 18.8 Å². The minimum absolute atomic E-state index is 0.0109. The van der Waals surface area contributed by atoms with E-state index in [1.54, 1.807) is 49.9 Å². The van der Waals surface area contributed by atoms with Crippen LogP contribution >= 0.6 is 11.6 Å². The average Bonchev–Trinajstić information content (AvgIpc) is 2.83. The van der Waals surface area contributed by atoms with Crippen molar-refractivity contribution in [2.24, 2.45) is 0 Å². The fraction of sp³-hybridized carbons (Fsp3) is 0.464. The number of Topliss-reactive ketones (excluding diaryl/α,β-unsaturated/α-hetero) is 1. The fourth-order valence-electron chi connectivity index (χ4n) is 4.19. The van der Waals surface area contributed by atoms with E-state index in [1.807, 2.05) is 6.92 Å². The van der Waals surface area contributed by atoms with Gasteiger partial charge in [0.25, 0.3) is 5.91 Å². The highest BCUT2D eigenvalue weighted by Gasteiger charge is 2.28. The van der Waals surface area contributed by atoms with E-state index in [0.717, 1.165) is 5.56 Å². The summed E-state index contributed by atoms with van der Waals surface area (Å²) in [6.07, 6.45) is -0.595. The lowest BCUT2D eigenvalue weighted by Crippen LogP contribution is -2.54. The van der Waals surface area contributed by atoms with Crippen LogP contribution in [0.5, 0.6) is 5.75 Å². The lowest BCUT2D eigenvalue weighted by atomic mass is 10.1. The molecule has 38 heavy (non-hydrogen) atoms. The summed E-state index contributed by atoms with van der Waals surface area (Å²) in [6.45, 7) is 9.68. The van der Waals surface area contributed by atoms with Crippen molar-refractivity contribution in [3.05, 3.63) is 64.4 Å².